The van der Waals surface area contributed by atoms with Crippen molar-refractivity contribution in [3.8, 4) is 0 Å². The smallest absolute Gasteiger partial charge is 0.297 e. The normalized spacial score (nSPS) is 11.6. The third-order valence-electron chi connectivity index (χ3n) is 1.38. The van der Waals surface area contributed by atoms with Gasteiger partial charge >= 0.3 is 12.1 Å². The Kier molecular flexibility index (Phi) is 3.23. The summed E-state index contributed by atoms with van der Waals surface area (Å²) in [6, 6.07) is 1.45. The highest BCUT2D eigenvalue weighted by atomic mass is 19.4. The van der Waals surface area contributed by atoms with Gasteiger partial charge in [0.1, 0.15) is 0 Å². The van der Waals surface area contributed by atoms with E-state index in [4.69, 9.17) is 0 Å². The van der Waals surface area contributed by atoms with E-state index < -0.39 is 18.7 Å². The van der Waals surface area contributed by atoms with Crippen LogP contribution in [0.15, 0.2) is 23.3 Å². The van der Waals surface area contributed by atoms with Crippen LogP contribution in [0.4, 0.5) is 13.2 Å². The topological polar surface area (TPSA) is 44.1 Å². The molecule has 0 fully saturated rings. The summed E-state index contributed by atoms with van der Waals surface area (Å²) < 4.78 is 39.1. The number of hydrogen-bond donors (Lipinski definition) is 0. The van der Waals surface area contributed by atoms with Crippen LogP contribution in [0.2, 0.25) is 0 Å². The molecular weight excluding hydrogens is 201 g/mol. The molecule has 0 radical (unpaired) electrons. The summed E-state index contributed by atoms with van der Waals surface area (Å²) in [5.41, 5.74) is -0.599. The zero-order chi connectivity index (χ0) is 10.6. The number of halogens is 3. The lowest BCUT2D eigenvalue weighted by atomic mass is 10.6. The first-order valence-corrected chi connectivity index (χ1v) is 3.71. The lowest BCUT2D eigenvalue weighted by molar-refractivity contribution is -0.325. The molecule has 0 saturated heterocycles. The van der Waals surface area contributed by atoms with Gasteiger partial charge in [0.25, 0.3) is 0 Å². The third kappa shape index (κ3) is 3.56. The van der Waals surface area contributed by atoms with Crippen LogP contribution in [0.25, 0.3) is 0 Å². The summed E-state index contributed by atoms with van der Waals surface area (Å²) in [4.78, 5) is 14.3. The van der Waals surface area contributed by atoms with Crippen molar-refractivity contribution in [1.29, 1.82) is 0 Å². The van der Waals surface area contributed by atoms with Gasteiger partial charge in [-0.3, -0.25) is 9.30 Å². The number of alkyl halides is 3. The molecule has 0 N–H and O–H groups in total. The van der Waals surface area contributed by atoms with Gasteiger partial charge in [-0.05, 0) is 6.07 Å². The standard InChI is InChI=1S/C7H7F3N2O2/c8-7(9,10)14-5-4-12-3-1-2-11-6(12)13/h1-3H,4-5H2. The van der Waals surface area contributed by atoms with Gasteiger partial charge in [0.2, 0.25) is 0 Å². The molecule has 0 unspecified atom stereocenters. The lowest BCUT2D eigenvalue weighted by Gasteiger charge is -2.07. The van der Waals surface area contributed by atoms with Crippen LogP contribution in [-0.2, 0) is 11.3 Å². The zero-order valence-electron chi connectivity index (χ0n) is 6.99. The predicted molar refractivity (Wildman–Crippen MR) is 40.5 cm³/mol. The van der Waals surface area contributed by atoms with Crippen molar-refractivity contribution in [2.24, 2.45) is 0 Å². The lowest BCUT2D eigenvalue weighted by Crippen LogP contribution is -2.25. The van der Waals surface area contributed by atoms with Crippen LogP contribution in [0.3, 0.4) is 0 Å². The minimum Gasteiger partial charge on any atom is -0.297 e. The fourth-order valence-electron chi connectivity index (χ4n) is 0.817. The van der Waals surface area contributed by atoms with Gasteiger partial charge in [0.05, 0.1) is 13.2 Å². The van der Waals surface area contributed by atoms with Crippen molar-refractivity contribution in [2.45, 2.75) is 12.9 Å². The van der Waals surface area contributed by atoms with Crippen molar-refractivity contribution in [3.05, 3.63) is 28.9 Å². The van der Waals surface area contributed by atoms with E-state index in [1.54, 1.807) is 0 Å². The molecule has 1 aromatic heterocycles. The van der Waals surface area contributed by atoms with E-state index in [2.05, 4.69) is 9.72 Å². The molecule has 0 aliphatic heterocycles. The maximum Gasteiger partial charge on any atom is 0.522 e. The van der Waals surface area contributed by atoms with Crippen molar-refractivity contribution in [1.82, 2.24) is 9.55 Å². The Bertz CT molecular complexity index is 347. The van der Waals surface area contributed by atoms with Gasteiger partial charge in [-0.2, -0.15) is 0 Å². The van der Waals surface area contributed by atoms with Crippen LogP contribution in [0, 0.1) is 0 Å². The Balaban J connectivity index is 2.47. The van der Waals surface area contributed by atoms with Gasteiger partial charge in [-0.15, -0.1) is 13.2 Å². The monoisotopic (exact) mass is 208 g/mol. The molecule has 1 heterocycles. The molecule has 0 atom stereocenters. The van der Waals surface area contributed by atoms with Crippen molar-refractivity contribution < 1.29 is 17.9 Å². The summed E-state index contributed by atoms with van der Waals surface area (Å²) in [7, 11) is 0. The molecule has 0 bridgehead atoms. The second kappa shape index (κ2) is 4.23. The van der Waals surface area contributed by atoms with Crippen LogP contribution >= 0.6 is 0 Å². The minimum atomic E-state index is -4.66. The summed E-state index contributed by atoms with van der Waals surface area (Å²) in [6.45, 7) is -0.777. The van der Waals surface area contributed by atoms with Gasteiger partial charge in [0, 0.05) is 12.4 Å². The predicted octanol–water partition coefficient (Wildman–Crippen LogP) is 0.780. The Morgan fingerprint density at radius 1 is 1.50 bits per heavy atom. The Morgan fingerprint density at radius 2 is 2.21 bits per heavy atom. The summed E-state index contributed by atoms with van der Waals surface area (Å²) in [5.74, 6) is 0. The van der Waals surface area contributed by atoms with E-state index in [0.29, 0.717) is 0 Å². The molecule has 1 rings (SSSR count). The van der Waals surface area contributed by atoms with E-state index in [1.165, 1.54) is 18.5 Å². The molecule has 7 heteroatoms. The van der Waals surface area contributed by atoms with E-state index >= 15 is 0 Å². The molecule has 4 nitrogen and oxygen atoms in total. The molecule has 1 aromatic rings. The SMILES string of the molecule is O=c1ncccn1CCOC(F)(F)F. The van der Waals surface area contributed by atoms with E-state index in [9.17, 15) is 18.0 Å². The maximum absolute atomic E-state index is 11.5. The molecule has 0 aromatic carbocycles. The third-order valence-corrected chi connectivity index (χ3v) is 1.38. The fraction of sp³-hybridized carbons (Fsp3) is 0.429. The van der Waals surface area contributed by atoms with Crippen LogP contribution in [-0.4, -0.2) is 22.5 Å². The van der Waals surface area contributed by atoms with E-state index in [-0.39, 0.29) is 6.54 Å². The second-order valence-corrected chi connectivity index (χ2v) is 2.39. The number of nitrogens with zero attached hydrogens (tertiary/aromatic N) is 2. The zero-order valence-corrected chi connectivity index (χ0v) is 6.99. The van der Waals surface area contributed by atoms with Crippen LogP contribution in [0.1, 0.15) is 0 Å². The van der Waals surface area contributed by atoms with Gasteiger partial charge in [0.15, 0.2) is 0 Å². The minimum absolute atomic E-state index is 0.174. The molecule has 0 saturated carbocycles. The second-order valence-electron chi connectivity index (χ2n) is 2.39. The van der Waals surface area contributed by atoms with Crippen LogP contribution < -0.4 is 5.69 Å². The number of rotatable bonds is 3. The highest BCUT2D eigenvalue weighted by Gasteiger charge is 2.28. The summed E-state index contributed by atoms with van der Waals surface area (Å²) in [6.07, 6.45) is -2.05. The quantitative estimate of drug-likeness (QED) is 0.737. The van der Waals surface area contributed by atoms with E-state index in [1.807, 2.05) is 0 Å². The highest BCUT2D eigenvalue weighted by molar-refractivity contribution is 4.80. The maximum atomic E-state index is 11.5. The average molecular weight is 208 g/mol. The average Bonchev–Trinajstić information content (AvgIpc) is 2.06. The first-order chi connectivity index (χ1) is 6.49. The fourth-order valence-corrected chi connectivity index (χ4v) is 0.817. The van der Waals surface area contributed by atoms with Crippen molar-refractivity contribution in [3.63, 3.8) is 0 Å². The molecule has 0 aliphatic rings. The molecule has 0 amide bonds. The van der Waals surface area contributed by atoms with Crippen molar-refractivity contribution >= 4 is 0 Å². The van der Waals surface area contributed by atoms with E-state index in [0.717, 1.165) is 4.57 Å². The van der Waals surface area contributed by atoms with Crippen molar-refractivity contribution in [2.75, 3.05) is 6.61 Å². The molecular formula is C7H7F3N2O2. The summed E-state index contributed by atoms with van der Waals surface area (Å²) >= 11 is 0. The van der Waals surface area contributed by atoms with Gasteiger partial charge < -0.3 is 0 Å². The number of ether oxygens (including phenoxy) is 1. The highest BCUT2D eigenvalue weighted by Crippen LogP contribution is 2.15. The number of hydrogen-bond acceptors (Lipinski definition) is 3. The first kappa shape index (κ1) is 10.7. The van der Waals surface area contributed by atoms with Gasteiger partial charge in [-0.25, -0.2) is 9.78 Å². The Labute approximate surface area is 76.9 Å². The number of aromatic nitrogens is 2. The molecule has 14 heavy (non-hydrogen) atoms. The van der Waals surface area contributed by atoms with Crippen LogP contribution in [0.5, 0.6) is 0 Å². The Hall–Kier alpha value is -1.37. The Morgan fingerprint density at radius 3 is 2.79 bits per heavy atom. The first-order valence-electron chi connectivity index (χ1n) is 3.71. The molecule has 78 valence electrons. The van der Waals surface area contributed by atoms with Gasteiger partial charge in [-0.1, -0.05) is 0 Å². The summed E-state index contributed by atoms with van der Waals surface area (Å²) in [5, 5.41) is 0. The molecule has 0 aliphatic carbocycles. The largest absolute Gasteiger partial charge is 0.522 e. The molecule has 0 spiro atoms.